The minimum absolute atomic E-state index is 0.0648. The van der Waals surface area contributed by atoms with Crippen LogP contribution in [0.25, 0.3) is 0 Å². The second-order valence-electron chi connectivity index (χ2n) is 10.0. The minimum Gasteiger partial charge on any atom is -0.357 e. The fourth-order valence-corrected chi connectivity index (χ4v) is 5.54. The quantitative estimate of drug-likeness (QED) is 0.374. The highest BCUT2D eigenvalue weighted by atomic mass is 16.2. The zero-order chi connectivity index (χ0) is 25.1. The molecule has 3 aromatic carbocycles. The third kappa shape index (κ3) is 4.73. The number of nitrogens with one attached hydrogen (secondary N) is 1. The number of allylic oxidation sites excluding steroid dienone is 1. The number of carbonyl (C=O) groups is 2. The molecule has 36 heavy (non-hydrogen) atoms. The van der Waals surface area contributed by atoms with Crippen molar-refractivity contribution in [2.24, 2.45) is 0 Å². The molecule has 0 radical (unpaired) electrons. The van der Waals surface area contributed by atoms with Gasteiger partial charge in [-0.3, -0.25) is 14.5 Å². The van der Waals surface area contributed by atoms with Gasteiger partial charge in [0, 0.05) is 24.1 Å². The summed E-state index contributed by atoms with van der Waals surface area (Å²) in [6, 6.07) is 26.1. The average molecular weight is 479 g/mol. The van der Waals surface area contributed by atoms with E-state index in [-0.39, 0.29) is 17.6 Å². The summed E-state index contributed by atoms with van der Waals surface area (Å²) in [4.78, 5) is 29.7. The Morgan fingerprint density at radius 3 is 2.36 bits per heavy atom. The number of hydrogen-bond acceptors (Lipinski definition) is 3. The molecule has 4 heteroatoms. The lowest BCUT2D eigenvalue weighted by molar-refractivity contribution is -0.119. The zero-order valence-corrected chi connectivity index (χ0v) is 21.2. The van der Waals surface area contributed by atoms with Crippen molar-refractivity contribution in [2.45, 2.75) is 64.3 Å². The van der Waals surface area contributed by atoms with Gasteiger partial charge in [0.25, 0.3) is 0 Å². The van der Waals surface area contributed by atoms with Crippen molar-refractivity contribution < 1.29 is 9.59 Å². The predicted molar refractivity (Wildman–Crippen MR) is 146 cm³/mol. The van der Waals surface area contributed by atoms with E-state index in [0.717, 1.165) is 59.5 Å². The van der Waals surface area contributed by atoms with E-state index in [2.05, 4.69) is 55.6 Å². The molecule has 0 fully saturated rings. The highest BCUT2D eigenvalue weighted by Gasteiger charge is 2.41. The van der Waals surface area contributed by atoms with Gasteiger partial charge in [-0.2, -0.15) is 0 Å². The van der Waals surface area contributed by atoms with Gasteiger partial charge in [0.2, 0.25) is 5.91 Å². The predicted octanol–water partition coefficient (Wildman–Crippen LogP) is 7.48. The molecule has 184 valence electrons. The molecule has 0 saturated heterocycles. The number of amides is 1. The van der Waals surface area contributed by atoms with E-state index in [1.54, 1.807) is 0 Å². The van der Waals surface area contributed by atoms with E-state index in [4.69, 9.17) is 0 Å². The van der Waals surface area contributed by atoms with Crippen LogP contribution in [0.1, 0.15) is 74.1 Å². The Bertz CT molecular complexity index is 1280. The molecule has 5 rings (SSSR count). The van der Waals surface area contributed by atoms with Crippen LogP contribution in [0.3, 0.4) is 0 Å². The second kappa shape index (κ2) is 10.5. The average Bonchev–Trinajstić information content (AvgIpc) is 3.04. The number of rotatable bonds is 6. The molecule has 0 saturated carbocycles. The molecule has 0 unspecified atom stereocenters. The van der Waals surface area contributed by atoms with E-state index >= 15 is 0 Å². The van der Waals surface area contributed by atoms with Crippen LogP contribution in [0.4, 0.5) is 11.4 Å². The number of ketones is 1. The highest BCUT2D eigenvalue weighted by molar-refractivity contribution is 6.06. The SMILES string of the molecule is CCCCCC(=O)N1c2ccccc2NC2=C(C(=O)C[C@@H](c3ccccc3)C2)[C@H]1c1ccc(C)cc1. The van der Waals surface area contributed by atoms with Crippen molar-refractivity contribution in [3.8, 4) is 0 Å². The maximum atomic E-state index is 14.0. The Hall–Kier alpha value is -3.66. The standard InChI is InChI=1S/C32H34N2O2/c1-3-4-6-15-30(36)34-28-14-10-9-13-26(28)33-27-20-25(23-11-7-5-8-12-23)21-29(35)31(27)32(34)24-18-16-22(2)17-19-24/h5,7-14,16-19,25,32-33H,3-4,6,15,20-21H2,1-2H3/t25-,32+/m0/s1. The van der Waals surface area contributed by atoms with Crippen molar-refractivity contribution in [2.75, 3.05) is 10.2 Å². The molecular weight excluding hydrogens is 444 g/mol. The summed E-state index contributed by atoms with van der Waals surface area (Å²) >= 11 is 0. The number of aryl methyl sites for hydroxylation is 1. The number of carbonyl (C=O) groups excluding carboxylic acids is 2. The number of nitrogens with zero attached hydrogens (tertiary/aromatic N) is 1. The van der Waals surface area contributed by atoms with Crippen LogP contribution in [0, 0.1) is 6.92 Å². The summed E-state index contributed by atoms with van der Waals surface area (Å²) in [5.41, 5.74) is 6.68. The first kappa shape index (κ1) is 24.1. The lowest BCUT2D eigenvalue weighted by Gasteiger charge is -2.35. The highest BCUT2D eigenvalue weighted by Crippen LogP contribution is 2.47. The third-order valence-electron chi connectivity index (χ3n) is 7.42. The summed E-state index contributed by atoms with van der Waals surface area (Å²) < 4.78 is 0. The number of para-hydroxylation sites is 2. The first-order chi connectivity index (χ1) is 17.6. The maximum Gasteiger partial charge on any atom is 0.227 e. The van der Waals surface area contributed by atoms with Crippen LogP contribution in [-0.4, -0.2) is 11.7 Å². The molecule has 1 aliphatic heterocycles. The van der Waals surface area contributed by atoms with Gasteiger partial charge in [-0.25, -0.2) is 0 Å². The summed E-state index contributed by atoms with van der Waals surface area (Å²) in [6.45, 7) is 4.20. The van der Waals surface area contributed by atoms with E-state index in [1.165, 1.54) is 5.56 Å². The van der Waals surface area contributed by atoms with Crippen LogP contribution < -0.4 is 10.2 Å². The molecule has 3 aromatic rings. The fourth-order valence-electron chi connectivity index (χ4n) is 5.54. The third-order valence-corrected chi connectivity index (χ3v) is 7.42. The van der Waals surface area contributed by atoms with Crippen molar-refractivity contribution in [1.29, 1.82) is 0 Å². The number of anilines is 2. The Kier molecular flexibility index (Phi) is 7.04. The number of fused-ring (bicyclic) bond motifs is 1. The first-order valence-electron chi connectivity index (χ1n) is 13.1. The Morgan fingerprint density at radius 2 is 1.61 bits per heavy atom. The largest absolute Gasteiger partial charge is 0.357 e. The normalized spacial score (nSPS) is 19.3. The Labute approximate surface area is 214 Å². The first-order valence-corrected chi connectivity index (χ1v) is 13.1. The number of Topliss-reactive ketones (excluding diaryl/α,β-unsaturated/α-hetero) is 1. The van der Waals surface area contributed by atoms with Gasteiger partial charge in [-0.15, -0.1) is 0 Å². The number of hydrogen-bond donors (Lipinski definition) is 1. The van der Waals surface area contributed by atoms with Gasteiger partial charge in [0.1, 0.15) is 0 Å². The second-order valence-corrected chi connectivity index (χ2v) is 10.0. The summed E-state index contributed by atoms with van der Waals surface area (Å²) in [6.07, 6.45) is 4.56. The molecule has 0 spiro atoms. The summed E-state index contributed by atoms with van der Waals surface area (Å²) in [5, 5.41) is 3.62. The molecule has 1 aliphatic carbocycles. The van der Waals surface area contributed by atoms with Crippen molar-refractivity contribution >= 4 is 23.1 Å². The van der Waals surface area contributed by atoms with Crippen LogP contribution in [-0.2, 0) is 9.59 Å². The fraction of sp³-hybridized carbons (Fsp3) is 0.312. The zero-order valence-electron chi connectivity index (χ0n) is 21.2. The van der Waals surface area contributed by atoms with E-state index in [0.29, 0.717) is 12.8 Å². The number of unbranched alkanes of at least 4 members (excludes halogenated alkanes) is 2. The summed E-state index contributed by atoms with van der Waals surface area (Å²) in [5.74, 6) is 0.292. The molecule has 1 amide bonds. The Morgan fingerprint density at radius 1 is 0.889 bits per heavy atom. The van der Waals surface area contributed by atoms with Crippen molar-refractivity contribution in [1.82, 2.24) is 0 Å². The molecule has 0 aromatic heterocycles. The molecule has 4 nitrogen and oxygen atoms in total. The van der Waals surface area contributed by atoms with Gasteiger partial charge in [0.05, 0.1) is 17.4 Å². The van der Waals surface area contributed by atoms with Gasteiger partial charge in [-0.1, -0.05) is 92.1 Å². The molecule has 2 atom stereocenters. The smallest absolute Gasteiger partial charge is 0.227 e. The van der Waals surface area contributed by atoms with Gasteiger partial charge < -0.3 is 5.32 Å². The van der Waals surface area contributed by atoms with Crippen LogP contribution in [0.2, 0.25) is 0 Å². The van der Waals surface area contributed by atoms with E-state index < -0.39 is 6.04 Å². The maximum absolute atomic E-state index is 14.0. The van der Waals surface area contributed by atoms with Crippen LogP contribution >= 0.6 is 0 Å². The van der Waals surface area contributed by atoms with Gasteiger partial charge in [0.15, 0.2) is 5.78 Å². The van der Waals surface area contributed by atoms with Crippen LogP contribution in [0.5, 0.6) is 0 Å². The molecule has 1 N–H and O–H groups in total. The van der Waals surface area contributed by atoms with Crippen molar-refractivity contribution in [3.05, 3.63) is 107 Å². The molecule has 1 heterocycles. The van der Waals surface area contributed by atoms with Gasteiger partial charge in [-0.05, 0) is 48.9 Å². The molecule has 0 bridgehead atoms. The monoisotopic (exact) mass is 478 g/mol. The number of benzene rings is 3. The lowest BCUT2D eigenvalue weighted by atomic mass is 9.78. The van der Waals surface area contributed by atoms with E-state index in [1.807, 2.05) is 47.4 Å². The lowest BCUT2D eigenvalue weighted by Crippen LogP contribution is -2.38. The minimum atomic E-state index is -0.449. The molecular formula is C32H34N2O2. The van der Waals surface area contributed by atoms with Crippen molar-refractivity contribution in [3.63, 3.8) is 0 Å². The summed E-state index contributed by atoms with van der Waals surface area (Å²) in [7, 11) is 0. The molecule has 2 aliphatic rings. The van der Waals surface area contributed by atoms with E-state index in [9.17, 15) is 9.59 Å². The van der Waals surface area contributed by atoms with Gasteiger partial charge >= 0.3 is 0 Å². The Balaban J connectivity index is 1.66. The van der Waals surface area contributed by atoms with Crippen LogP contribution in [0.15, 0.2) is 90.1 Å². The topological polar surface area (TPSA) is 49.4 Å².